The van der Waals surface area contributed by atoms with Crippen molar-refractivity contribution in [2.24, 2.45) is 0 Å². The van der Waals surface area contributed by atoms with E-state index in [1.54, 1.807) is 12.1 Å². The molecule has 0 spiro atoms. The van der Waals surface area contributed by atoms with E-state index in [2.05, 4.69) is 18.7 Å². The van der Waals surface area contributed by atoms with E-state index in [0.717, 1.165) is 24.9 Å². The van der Waals surface area contributed by atoms with Gasteiger partial charge in [0.05, 0.1) is 0 Å². The summed E-state index contributed by atoms with van der Waals surface area (Å²) < 4.78 is 13.8. The standard InChI is InChI=1S/C14H20FN/c1-3-11(2)16-10-6-9-14(16)12-7-4-5-8-13(12)15/h4-5,7-8,11,14H,3,6,9-10H2,1-2H3. The van der Waals surface area contributed by atoms with Crippen LogP contribution in [0.25, 0.3) is 0 Å². The summed E-state index contributed by atoms with van der Waals surface area (Å²) in [4.78, 5) is 2.44. The minimum absolute atomic E-state index is 0.0531. The Morgan fingerprint density at radius 3 is 2.88 bits per heavy atom. The number of hydrogen-bond donors (Lipinski definition) is 0. The third kappa shape index (κ3) is 2.12. The molecule has 16 heavy (non-hydrogen) atoms. The Morgan fingerprint density at radius 1 is 1.44 bits per heavy atom. The Bertz CT molecular complexity index is 350. The van der Waals surface area contributed by atoms with Crippen molar-refractivity contribution >= 4 is 0 Å². The SMILES string of the molecule is CCC(C)N1CCCC1c1ccccc1F. The first-order valence-electron chi connectivity index (χ1n) is 6.24. The summed E-state index contributed by atoms with van der Waals surface area (Å²) in [6, 6.07) is 8.04. The second-order valence-corrected chi connectivity index (χ2v) is 4.67. The molecule has 2 unspecified atom stereocenters. The second-order valence-electron chi connectivity index (χ2n) is 4.67. The third-order valence-corrected chi connectivity index (χ3v) is 3.72. The molecule has 0 aliphatic carbocycles. The first-order valence-corrected chi connectivity index (χ1v) is 6.24. The van der Waals surface area contributed by atoms with Crippen LogP contribution in [-0.2, 0) is 0 Å². The van der Waals surface area contributed by atoms with Gasteiger partial charge >= 0.3 is 0 Å². The van der Waals surface area contributed by atoms with E-state index in [0.29, 0.717) is 6.04 Å². The molecule has 2 atom stereocenters. The number of likely N-dealkylation sites (tertiary alicyclic amines) is 1. The number of benzene rings is 1. The van der Waals surface area contributed by atoms with E-state index in [1.807, 2.05) is 12.1 Å². The summed E-state index contributed by atoms with van der Waals surface area (Å²) in [5.74, 6) is -0.0531. The van der Waals surface area contributed by atoms with Gasteiger partial charge in [0, 0.05) is 17.6 Å². The Labute approximate surface area is 97.3 Å². The van der Waals surface area contributed by atoms with Gasteiger partial charge in [0.1, 0.15) is 5.82 Å². The lowest BCUT2D eigenvalue weighted by Crippen LogP contribution is -2.32. The van der Waals surface area contributed by atoms with Gasteiger partial charge in [-0.2, -0.15) is 0 Å². The second kappa shape index (κ2) is 4.96. The zero-order valence-corrected chi connectivity index (χ0v) is 10.1. The van der Waals surface area contributed by atoms with E-state index >= 15 is 0 Å². The van der Waals surface area contributed by atoms with Crippen LogP contribution < -0.4 is 0 Å². The maximum Gasteiger partial charge on any atom is 0.127 e. The van der Waals surface area contributed by atoms with Crippen LogP contribution in [0.3, 0.4) is 0 Å². The van der Waals surface area contributed by atoms with Gasteiger partial charge in [0.15, 0.2) is 0 Å². The zero-order chi connectivity index (χ0) is 11.5. The zero-order valence-electron chi connectivity index (χ0n) is 10.1. The Hall–Kier alpha value is -0.890. The fourth-order valence-corrected chi connectivity index (χ4v) is 2.63. The van der Waals surface area contributed by atoms with E-state index in [-0.39, 0.29) is 11.9 Å². The first kappa shape index (κ1) is 11.6. The number of nitrogens with zero attached hydrogens (tertiary/aromatic N) is 1. The van der Waals surface area contributed by atoms with Gasteiger partial charge in [-0.3, -0.25) is 4.90 Å². The van der Waals surface area contributed by atoms with Gasteiger partial charge in [-0.15, -0.1) is 0 Å². The van der Waals surface area contributed by atoms with Crippen molar-refractivity contribution in [1.82, 2.24) is 4.90 Å². The maximum absolute atomic E-state index is 13.8. The summed E-state index contributed by atoms with van der Waals surface area (Å²) in [6.07, 6.45) is 3.40. The fourth-order valence-electron chi connectivity index (χ4n) is 2.63. The number of rotatable bonds is 3. The lowest BCUT2D eigenvalue weighted by molar-refractivity contribution is 0.185. The molecule has 1 aliphatic heterocycles. The lowest BCUT2D eigenvalue weighted by atomic mass is 10.0. The molecule has 0 bridgehead atoms. The number of halogens is 1. The van der Waals surface area contributed by atoms with Crippen molar-refractivity contribution in [3.63, 3.8) is 0 Å². The van der Waals surface area contributed by atoms with Crippen molar-refractivity contribution < 1.29 is 4.39 Å². The van der Waals surface area contributed by atoms with Crippen LogP contribution in [0.2, 0.25) is 0 Å². The molecule has 2 heteroatoms. The van der Waals surface area contributed by atoms with Gasteiger partial charge < -0.3 is 0 Å². The van der Waals surface area contributed by atoms with Crippen molar-refractivity contribution in [1.29, 1.82) is 0 Å². The smallest absolute Gasteiger partial charge is 0.127 e. The molecule has 2 rings (SSSR count). The van der Waals surface area contributed by atoms with Crippen LogP contribution in [0.5, 0.6) is 0 Å². The number of hydrogen-bond acceptors (Lipinski definition) is 1. The molecule has 0 N–H and O–H groups in total. The lowest BCUT2D eigenvalue weighted by Gasteiger charge is -2.30. The molecule has 1 nitrogen and oxygen atoms in total. The molecule has 1 aliphatic rings. The van der Waals surface area contributed by atoms with Crippen LogP contribution in [0.4, 0.5) is 4.39 Å². The van der Waals surface area contributed by atoms with E-state index in [9.17, 15) is 4.39 Å². The first-order chi connectivity index (χ1) is 7.74. The minimum Gasteiger partial charge on any atom is -0.294 e. The van der Waals surface area contributed by atoms with Crippen LogP contribution in [0.15, 0.2) is 24.3 Å². The average molecular weight is 221 g/mol. The molecule has 0 saturated carbocycles. The van der Waals surface area contributed by atoms with Crippen molar-refractivity contribution in [3.05, 3.63) is 35.6 Å². The predicted molar refractivity (Wildman–Crippen MR) is 64.8 cm³/mol. The topological polar surface area (TPSA) is 3.24 Å². The van der Waals surface area contributed by atoms with Crippen molar-refractivity contribution in [3.8, 4) is 0 Å². The van der Waals surface area contributed by atoms with Gasteiger partial charge in [-0.1, -0.05) is 25.1 Å². The molecule has 1 saturated heterocycles. The highest BCUT2D eigenvalue weighted by Gasteiger charge is 2.30. The largest absolute Gasteiger partial charge is 0.294 e. The molecule has 0 aromatic heterocycles. The highest BCUT2D eigenvalue weighted by molar-refractivity contribution is 5.22. The van der Waals surface area contributed by atoms with Gasteiger partial charge in [-0.05, 0) is 38.8 Å². The summed E-state index contributed by atoms with van der Waals surface area (Å²) >= 11 is 0. The van der Waals surface area contributed by atoms with Crippen LogP contribution in [0, 0.1) is 5.82 Å². The summed E-state index contributed by atoms with van der Waals surface area (Å²) in [6.45, 7) is 5.54. The molecule has 1 aromatic carbocycles. The van der Waals surface area contributed by atoms with Gasteiger partial charge in [0.2, 0.25) is 0 Å². The molecule has 1 aromatic rings. The van der Waals surface area contributed by atoms with Crippen molar-refractivity contribution in [2.45, 2.75) is 45.2 Å². The Balaban J connectivity index is 2.23. The monoisotopic (exact) mass is 221 g/mol. The molecular formula is C14H20FN. The average Bonchev–Trinajstić information content (AvgIpc) is 2.77. The van der Waals surface area contributed by atoms with Crippen LogP contribution >= 0.6 is 0 Å². The molecular weight excluding hydrogens is 201 g/mol. The highest BCUT2D eigenvalue weighted by atomic mass is 19.1. The maximum atomic E-state index is 13.8. The third-order valence-electron chi connectivity index (χ3n) is 3.72. The molecule has 0 radical (unpaired) electrons. The minimum atomic E-state index is -0.0531. The fraction of sp³-hybridized carbons (Fsp3) is 0.571. The normalized spacial score (nSPS) is 23.6. The van der Waals surface area contributed by atoms with E-state index < -0.39 is 0 Å². The quantitative estimate of drug-likeness (QED) is 0.751. The summed E-state index contributed by atoms with van der Waals surface area (Å²) in [5.41, 5.74) is 0.875. The summed E-state index contributed by atoms with van der Waals surface area (Å²) in [5, 5.41) is 0. The molecule has 88 valence electrons. The molecule has 1 fully saturated rings. The summed E-state index contributed by atoms with van der Waals surface area (Å²) in [7, 11) is 0. The van der Waals surface area contributed by atoms with Crippen LogP contribution in [-0.4, -0.2) is 17.5 Å². The van der Waals surface area contributed by atoms with Gasteiger partial charge in [-0.25, -0.2) is 4.39 Å². The van der Waals surface area contributed by atoms with Crippen LogP contribution in [0.1, 0.15) is 44.7 Å². The van der Waals surface area contributed by atoms with Crippen molar-refractivity contribution in [2.75, 3.05) is 6.54 Å². The van der Waals surface area contributed by atoms with Gasteiger partial charge in [0.25, 0.3) is 0 Å². The Morgan fingerprint density at radius 2 is 2.19 bits per heavy atom. The molecule has 1 heterocycles. The van der Waals surface area contributed by atoms with E-state index in [1.165, 1.54) is 6.42 Å². The molecule has 0 amide bonds. The van der Waals surface area contributed by atoms with E-state index in [4.69, 9.17) is 0 Å². The highest BCUT2D eigenvalue weighted by Crippen LogP contribution is 2.35. The Kier molecular flexibility index (Phi) is 3.59. The predicted octanol–water partition coefficient (Wildman–Crippen LogP) is 3.76.